The number of nitrogens with zero attached hydrogens (tertiary/aromatic N) is 2. The molecule has 0 amide bonds. The molecule has 3 heterocycles. The summed E-state index contributed by atoms with van der Waals surface area (Å²) in [6, 6.07) is 18.2. The maximum Gasteiger partial charge on any atom is 0.379 e. The third-order valence-electron chi connectivity index (χ3n) is 5.73. The van der Waals surface area contributed by atoms with Crippen LogP contribution < -0.4 is 19.9 Å². The number of hydrogen-bond donors (Lipinski definition) is 2. The Kier molecular flexibility index (Phi) is 5.47. The Hall–Kier alpha value is -4.97. The van der Waals surface area contributed by atoms with E-state index in [1.165, 1.54) is 19.4 Å². The molecule has 0 radical (unpaired) electrons. The number of fused-ring (bicyclic) bond motifs is 1. The van der Waals surface area contributed by atoms with Gasteiger partial charge in [0.05, 0.1) is 30.5 Å². The number of carbonyl (C=O) groups is 1. The summed E-state index contributed by atoms with van der Waals surface area (Å²) < 4.78 is 21.7. The smallest absolute Gasteiger partial charge is 0.379 e. The number of nitriles is 1. The molecule has 4 aromatic rings. The van der Waals surface area contributed by atoms with E-state index in [2.05, 4.69) is 16.3 Å². The van der Waals surface area contributed by atoms with Crippen molar-refractivity contribution in [3.8, 4) is 34.7 Å². The predicted molar refractivity (Wildman–Crippen MR) is 125 cm³/mol. The Morgan fingerprint density at radius 1 is 1.17 bits per heavy atom. The maximum absolute atomic E-state index is 12.4. The number of nitrogens with two attached hydrogens (primary N) is 1. The molecule has 0 saturated heterocycles. The molecule has 1 atom stereocenters. The van der Waals surface area contributed by atoms with Crippen molar-refractivity contribution in [1.82, 2.24) is 10.2 Å². The fourth-order valence-corrected chi connectivity index (χ4v) is 4.01. The normalized spacial score (nSPS) is 14.6. The first kappa shape index (κ1) is 21.9. The predicted octanol–water partition coefficient (Wildman–Crippen LogP) is 4.42. The molecule has 0 aliphatic carbocycles. The Labute approximate surface area is 200 Å². The summed E-state index contributed by atoms with van der Waals surface area (Å²) in [6.07, 6.45) is 1.39. The van der Waals surface area contributed by atoms with Crippen molar-refractivity contribution in [1.29, 1.82) is 5.26 Å². The molecular formula is C26H20N4O5. The topological polar surface area (TPSA) is 136 Å². The molecule has 35 heavy (non-hydrogen) atoms. The van der Waals surface area contributed by atoms with Gasteiger partial charge in [0.25, 0.3) is 0 Å². The fourth-order valence-electron chi connectivity index (χ4n) is 4.01. The molecule has 9 heteroatoms. The highest BCUT2D eigenvalue weighted by Gasteiger charge is 2.36. The van der Waals surface area contributed by atoms with Crippen LogP contribution in [-0.4, -0.2) is 23.3 Å². The largest absolute Gasteiger partial charge is 0.493 e. The minimum Gasteiger partial charge on any atom is -0.493 e. The molecule has 2 aromatic carbocycles. The van der Waals surface area contributed by atoms with E-state index in [1.54, 1.807) is 24.3 Å². The van der Waals surface area contributed by atoms with Crippen molar-refractivity contribution in [2.24, 2.45) is 5.73 Å². The summed E-state index contributed by atoms with van der Waals surface area (Å²) in [5.41, 5.74) is 10.4. The van der Waals surface area contributed by atoms with Gasteiger partial charge in [-0.15, -0.1) is 5.10 Å². The van der Waals surface area contributed by atoms with Gasteiger partial charge < -0.3 is 24.4 Å². The molecule has 3 N–H and O–H groups in total. The van der Waals surface area contributed by atoms with E-state index < -0.39 is 11.9 Å². The molecule has 2 aromatic heterocycles. The SMILES string of the molecule is COc1cc([C@H]2C(C#N)=C(N)Oc3n[nH]c(-c4ccc(C)cc4)c32)ccc1OC(=O)c1ccco1. The number of H-pyrrole nitrogens is 1. The second-order valence-electron chi connectivity index (χ2n) is 7.89. The van der Waals surface area contributed by atoms with Gasteiger partial charge in [0.1, 0.15) is 11.6 Å². The third-order valence-corrected chi connectivity index (χ3v) is 5.73. The van der Waals surface area contributed by atoms with Gasteiger partial charge in [-0.2, -0.15) is 5.26 Å². The van der Waals surface area contributed by atoms with Crippen LogP contribution in [0.15, 0.2) is 76.7 Å². The third kappa shape index (κ3) is 3.87. The lowest BCUT2D eigenvalue weighted by atomic mass is 9.83. The standard InChI is InChI=1S/C26H20N4O5/c1-14-5-7-15(8-6-14)23-22-21(17(13-27)24(28)35-25(22)30-29-23)16-9-10-18(20(12-16)32-2)34-26(31)19-4-3-11-33-19/h3-12,21H,28H2,1-2H3,(H,29,30)/t21-/m0/s1. The first-order valence-corrected chi connectivity index (χ1v) is 10.7. The van der Waals surface area contributed by atoms with Gasteiger partial charge in [-0.25, -0.2) is 4.79 Å². The fraction of sp³-hybridized carbons (Fsp3) is 0.115. The number of furan rings is 1. The molecule has 5 rings (SSSR count). The summed E-state index contributed by atoms with van der Waals surface area (Å²) >= 11 is 0. The van der Waals surface area contributed by atoms with Gasteiger partial charge in [0.15, 0.2) is 11.5 Å². The average Bonchev–Trinajstić information content (AvgIpc) is 3.54. The first-order chi connectivity index (χ1) is 17.0. The van der Waals surface area contributed by atoms with E-state index in [0.29, 0.717) is 22.6 Å². The maximum atomic E-state index is 12.4. The molecular weight excluding hydrogens is 448 g/mol. The quantitative estimate of drug-likeness (QED) is 0.324. The zero-order valence-electron chi connectivity index (χ0n) is 18.9. The number of allylic oxidation sites excluding steroid dienone is 1. The van der Waals surface area contributed by atoms with Gasteiger partial charge in [-0.05, 0) is 36.8 Å². The number of aromatic amines is 1. The molecule has 0 bridgehead atoms. The van der Waals surface area contributed by atoms with Crippen LogP contribution in [0.2, 0.25) is 0 Å². The summed E-state index contributed by atoms with van der Waals surface area (Å²) in [6.45, 7) is 2.00. The number of hydrogen-bond acceptors (Lipinski definition) is 8. The second-order valence-corrected chi connectivity index (χ2v) is 7.89. The van der Waals surface area contributed by atoms with Crippen molar-refractivity contribution < 1.29 is 23.4 Å². The highest BCUT2D eigenvalue weighted by atomic mass is 16.6. The molecule has 1 aliphatic rings. The number of carbonyl (C=O) groups excluding carboxylic acids is 1. The monoisotopic (exact) mass is 468 g/mol. The lowest BCUT2D eigenvalue weighted by Gasteiger charge is -2.24. The van der Waals surface area contributed by atoms with Crippen LogP contribution in [0, 0.1) is 18.3 Å². The molecule has 9 nitrogen and oxygen atoms in total. The molecule has 0 saturated carbocycles. The Morgan fingerprint density at radius 2 is 1.97 bits per heavy atom. The van der Waals surface area contributed by atoms with Crippen LogP contribution >= 0.6 is 0 Å². The van der Waals surface area contributed by atoms with Crippen LogP contribution in [0.3, 0.4) is 0 Å². The van der Waals surface area contributed by atoms with Crippen molar-refractivity contribution >= 4 is 5.97 Å². The Bertz CT molecular complexity index is 1480. The van der Waals surface area contributed by atoms with Gasteiger partial charge in [0.2, 0.25) is 17.5 Å². The number of rotatable bonds is 5. The van der Waals surface area contributed by atoms with Gasteiger partial charge >= 0.3 is 5.97 Å². The average molecular weight is 468 g/mol. The number of methoxy groups -OCH3 is 1. The summed E-state index contributed by atoms with van der Waals surface area (Å²) in [7, 11) is 1.46. The zero-order chi connectivity index (χ0) is 24.5. The number of nitrogens with one attached hydrogen (secondary N) is 1. The minimum atomic E-state index is -0.659. The molecule has 174 valence electrons. The van der Waals surface area contributed by atoms with E-state index in [9.17, 15) is 10.1 Å². The highest BCUT2D eigenvalue weighted by molar-refractivity contribution is 5.88. The van der Waals surface area contributed by atoms with Crippen LogP contribution in [0.1, 0.15) is 33.2 Å². The number of ether oxygens (including phenoxy) is 3. The molecule has 1 aliphatic heterocycles. The van der Waals surface area contributed by atoms with Crippen molar-refractivity contribution in [2.45, 2.75) is 12.8 Å². The van der Waals surface area contributed by atoms with E-state index >= 15 is 0 Å². The van der Waals surface area contributed by atoms with Gasteiger partial charge in [0, 0.05) is 5.56 Å². The van der Waals surface area contributed by atoms with Crippen molar-refractivity contribution in [2.75, 3.05) is 7.11 Å². The number of benzene rings is 2. The molecule has 0 unspecified atom stereocenters. The van der Waals surface area contributed by atoms with Crippen LogP contribution in [0.25, 0.3) is 11.3 Å². The lowest BCUT2D eigenvalue weighted by Crippen LogP contribution is -2.21. The lowest BCUT2D eigenvalue weighted by molar-refractivity contribution is 0.0696. The summed E-state index contributed by atoms with van der Waals surface area (Å²) in [5.74, 6) is -0.435. The van der Waals surface area contributed by atoms with Crippen LogP contribution in [0.5, 0.6) is 17.4 Å². The molecule has 0 spiro atoms. The zero-order valence-corrected chi connectivity index (χ0v) is 18.9. The Morgan fingerprint density at radius 3 is 2.66 bits per heavy atom. The van der Waals surface area contributed by atoms with Crippen LogP contribution in [0.4, 0.5) is 0 Å². The number of aromatic nitrogens is 2. The van der Waals surface area contributed by atoms with Gasteiger partial charge in [-0.3, -0.25) is 5.10 Å². The summed E-state index contributed by atoms with van der Waals surface area (Å²) in [5, 5.41) is 17.3. The van der Waals surface area contributed by atoms with E-state index in [1.807, 2.05) is 31.2 Å². The van der Waals surface area contributed by atoms with Gasteiger partial charge in [-0.1, -0.05) is 35.9 Å². The second kappa shape index (κ2) is 8.76. The van der Waals surface area contributed by atoms with Crippen LogP contribution in [-0.2, 0) is 0 Å². The minimum absolute atomic E-state index is 0.0285. The van der Waals surface area contributed by atoms with Crippen molar-refractivity contribution in [3.05, 3.63) is 94.8 Å². The van der Waals surface area contributed by atoms with E-state index in [0.717, 1.165) is 11.1 Å². The van der Waals surface area contributed by atoms with E-state index in [4.69, 9.17) is 24.4 Å². The van der Waals surface area contributed by atoms with E-state index in [-0.39, 0.29) is 28.8 Å². The highest BCUT2D eigenvalue weighted by Crippen LogP contribution is 2.47. The number of aryl methyl sites for hydroxylation is 1. The Balaban J connectivity index is 1.59. The first-order valence-electron chi connectivity index (χ1n) is 10.7. The van der Waals surface area contributed by atoms with Crippen molar-refractivity contribution in [3.63, 3.8) is 0 Å². The molecule has 0 fully saturated rings. The summed E-state index contributed by atoms with van der Waals surface area (Å²) in [4.78, 5) is 12.4. The number of esters is 1.